The van der Waals surface area contributed by atoms with Crippen LogP contribution in [0.15, 0.2) is 30.3 Å². The van der Waals surface area contributed by atoms with E-state index in [0.717, 1.165) is 25.6 Å². The summed E-state index contributed by atoms with van der Waals surface area (Å²) in [7, 11) is 2.07. The minimum atomic E-state index is 0.652. The van der Waals surface area contributed by atoms with Crippen LogP contribution < -0.4 is 5.32 Å². The van der Waals surface area contributed by atoms with E-state index in [1.807, 2.05) is 6.07 Å². The predicted octanol–water partition coefficient (Wildman–Crippen LogP) is 2.98. The van der Waals surface area contributed by atoms with E-state index in [1.54, 1.807) is 0 Å². The Balaban J connectivity index is 1.62. The standard InChI is InChI=1S/C15H23NO/c1-16-15(14-8-5-9-14)10-11-17-12-13-6-3-2-4-7-13/h2-4,6-7,14-16H,5,8-12H2,1H3. The summed E-state index contributed by atoms with van der Waals surface area (Å²) >= 11 is 0. The van der Waals surface area contributed by atoms with Gasteiger partial charge in [-0.05, 0) is 37.8 Å². The molecule has 0 bridgehead atoms. The van der Waals surface area contributed by atoms with Crippen molar-refractivity contribution in [2.24, 2.45) is 5.92 Å². The fourth-order valence-corrected chi connectivity index (χ4v) is 2.43. The lowest BCUT2D eigenvalue weighted by Crippen LogP contribution is -2.38. The summed E-state index contributed by atoms with van der Waals surface area (Å²) in [6.45, 7) is 1.60. The van der Waals surface area contributed by atoms with Crippen molar-refractivity contribution in [2.75, 3.05) is 13.7 Å². The first kappa shape index (κ1) is 12.6. The van der Waals surface area contributed by atoms with Crippen molar-refractivity contribution < 1.29 is 4.74 Å². The number of nitrogens with one attached hydrogen (secondary N) is 1. The Morgan fingerprint density at radius 1 is 1.29 bits per heavy atom. The molecule has 1 saturated carbocycles. The van der Waals surface area contributed by atoms with Crippen molar-refractivity contribution in [2.45, 2.75) is 38.3 Å². The van der Waals surface area contributed by atoms with Crippen LogP contribution in [0, 0.1) is 5.92 Å². The fraction of sp³-hybridized carbons (Fsp3) is 0.600. The van der Waals surface area contributed by atoms with E-state index in [1.165, 1.54) is 24.8 Å². The zero-order chi connectivity index (χ0) is 11.9. The highest BCUT2D eigenvalue weighted by molar-refractivity contribution is 5.13. The molecule has 1 unspecified atom stereocenters. The first-order valence-electron chi connectivity index (χ1n) is 6.69. The molecule has 0 heterocycles. The fourth-order valence-electron chi connectivity index (χ4n) is 2.43. The third-order valence-corrected chi connectivity index (χ3v) is 3.77. The Bertz CT molecular complexity index is 308. The summed E-state index contributed by atoms with van der Waals surface area (Å²) in [6, 6.07) is 11.0. The highest BCUT2D eigenvalue weighted by atomic mass is 16.5. The SMILES string of the molecule is CNC(CCOCc1ccccc1)C1CCC1. The predicted molar refractivity (Wildman–Crippen MR) is 70.9 cm³/mol. The molecule has 1 aliphatic rings. The molecule has 0 saturated heterocycles. The molecule has 1 aliphatic carbocycles. The monoisotopic (exact) mass is 233 g/mol. The van der Waals surface area contributed by atoms with Gasteiger partial charge in [0.25, 0.3) is 0 Å². The van der Waals surface area contributed by atoms with Gasteiger partial charge in [-0.25, -0.2) is 0 Å². The third-order valence-electron chi connectivity index (χ3n) is 3.77. The van der Waals surface area contributed by atoms with E-state index in [9.17, 15) is 0 Å². The normalized spacial score (nSPS) is 17.7. The number of ether oxygens (including phenoxy) is 1. The molecule has 1 atom stereocenters. The van der Waals surface area contributed by atoms with Crippen LogP contribution in [0.3, 0.4) is 0 Å². The van der Waals surface area contributed by atoms with Crippen LogP contribution in [-0.4, -0.2) is 19.7 Å². The average Bonchev–Trinajstić information content (AvgIpc) is 2.32. The van der Waals surface area contributed by atoms with Crippen LogP contribution in [0.5, 0.6) is 0 Å². The van der Waals surface area contributed by atoms with Crippen molar-refractivity contribution in [1.82, 2.24) is 5.32 Å². The Morgan fingerprint density at radius 2 is 2.06 bits per heavy atom. The van der Waals surface area contributed by atoms with Crippen LogP contribution in [0.1, 0.15) is 31.2 Å². The summed E-state index contributed by atoms with van der Waals surface area (Å²) in [5.41, 5.74) is 1.26. The smallest absolute Gasteiger partial charge is 0.0716 e. The lowest BCUT2D eigenvalue weighted by atomic mass is 9.79. The summed E-state index contributed by atoms with van der Waals surface area (Å²) in [5.74, 6) is 0.889. The van der Waals surface area contributed by atoms with E-state index in [2.05, 4.69) is 36.6 Å². The minimum Gasteiger partial charge on any atom is -0.377 e. The molecule has 2 rings (SSSR count). The second-order valence-corrected chi connectivity index (χ2v) is 4.91. The van der Waals surface area contributed by atoms with Crippen molar-refractivity contribution >= 4 is 0 Å². The molecule has 1 N–H and O–H groups in total. The molecular weight excluding hydrogens is 210 g/mol. The van der Waals surface area contributed by atoms with Gasteiger partial charge in [-0.15, -0.1) is 0 Å². The highest BCUT2D eigenvalue weighted by Gasteiger charge is 2.25. The molecule has 2 nitrogen and oxygen atoms in total. The summed E-state index contributed by atoms with van der Waals surface area (Å²) < 4.78 is 5.73. The second kappa shape index (κ2) is 6.77. The maximum atomic E-state index is 5.73. The van der Waals surface area contributed by atoms with Gasteiger partial charge in [0.05, 0.1) is 6.61 Å². The Kier molecular flexibility index (Phi) is 5.02. The largest absolute Gasteiger partial charge is 0.377 e. The third kappa shape index (κ3) is 3.83. The number of benzene rings is 1. The number of hydrogen-bond acceptors (Lipinski definition) is 2. The minimum absolute atomic E-state index is 0.652. The van der Waals surface area contributed by atoms with Gasteiger partial charge in [0.2, 0.25) is 0 Å². The molecule has 0 amide bonds. The quantitative estimate of drug-likeness (QED) is 0.731. The van der Waals surface area contributed by atoms with Crippen molar-refractivity contribution in [3.05, 3.63) is 35.9 Å². The Labute approximate surface area is 104 Å². The number of rotatable bonds is 7. The highest BCUT2D eigenvalue weighted by Crippen LogP contribution is 2.30. The van der Waals surface area contributed by atoms with Crippen molar-refractivity contribution in [3.8, 4) is 0 Å². The lowest BCUT2D eigenvalue weighted by Gasteiger charge is -2.33. The van der Waals surface area contributed by atoms with Gasteiger partial charge in [-0.3, -0.25) is 0 Å². The molecule has 1 aromatic rings. The maximum Gasteiger partial charge on any atom is 0.0716 e. The van der Waals surface area contributed by atoms with Crippen LogP contribution in [0.4, 0.5) is 0 Å². The van der Waals surface area contributed by atoms with E-state index >= 15 is 0 Å². The van der Waals surface area contributed by atoms with Crippen LogP contribution in [0.2, 0.25) is 0 Å². The molecular formula is C15H23NO. The van der Waals surface area contributed by atoms with Gasteiger partial charge < -0.3 is 10.1 Å². The first-order chi connectivity index (χ1) is 8.40. The average molecular weight is 233 g/mol. The zero-order valence-corrected chi connectivity index (χ0v) is 10.7. The maximum absolute atomic E-state index is 5.73. The van der Waals surface area contributed by atoms with E-state index in [4.69, 9.17) is 4.74 Å². The summed E-state index contributed by atoms with van der Waals surface area (Å²) in [6.07, 6.45) is 5.33. The van der Waals surface area contributed by atoms with E-state index in [0.29, 0.717) is 6.04 Å². The first-order valence-corrected chi connectivity index (χ1v) is 6.69. The van der Waals surface area contributed by atoms with Gasteiger partial charge in [-0.2, -0.15) is 0 Å². The molecule has 94 valence electrons. The molecule has 17 heavy (non-hydrogen) atoms. The molecule has 0 aliphatic heterocycles. The summed E-state index contributed by atoms with van der Waals surface area (Å²) in [5, 5.41) is 3.42. The van der Waals surface area contributed by atoms with Gasteiger partial charge >= 0.3 is 0 Å². The van der Waals surface area contributed by atoms with Crippen LogP contribution in [0.25, 0.3) is 0 Å². The molecule has 2 heteroatoms. The van der Waals surface area contributed by atoms with Crippen LogP contribution in [-0.2, 0) is 11.3 Å². The molecule has 0 spiro atoms. The van der Waals surface area contributed by atoms with Gasteiger partial charge in [0.1, 0.15) is 0 Å². The van der Waals surface area contributed by atoms with Gasteiger partial charge in [0, 0.05) is 12.6 Å². The topological polar surface area (TPSA) is 21.3 Å². The number of hydrogen-bond donors (Lipinski definition) is 1. The molecule has 1 aromatic carbocycles. The van der Waals surface area contributed by atoms with E-state index in [-0.39, 0.29) is 0 Å². The van der Waals surface area contributed by atoms with Gasteiger partial charge in [-0.1, -0.05) is 36.8 Å². The Morgan fingerprint density at radius 3 is 2.65 bits per heavy atom. The second-order valence-electron chi connectivity index (χ2n) is 4.91. The Hall–Kier alpha value is -0.860. The van der Waals surface area contributed by atoms with Gasteiger partial charge in [0.15, 0.2) is 0 Å². The molecule has 0 aromatic heterocycles. The van der Waals surface area contributed by atoms with E-state index < -0.39 is 0 Å². The lowest BCUT2D eigenvalue weighted by molar-refractivity contribution is 0.0972. The molecule has 1 fully saturated rings. The van der Waals surface area contributed by atoms with Crippen LogP contribution >= 0.6 is 0 Å². The van der Waals surface area contributed by atoms with Crippen molar-refractivity contribution in [1.29, 1.82) is 0 Å². The van der Waals surface area contributed by atoms with Crippen molar-refractivity contribution in [3.63, 3.8) is 0 Å². The zero-order valence-electron chi connectivity index (χ0n) is 10.7. The summed E-state index contributed by atoms with van der Waals surface area (Å²) in [4.78, 5) is 0. The molecule has 0 radical (unpaired) electrons.